The lowest BCUT2D eigenvalue weighted by molar-refractivity contribution is -0.137. The predicted molar refractivity (Wildman–Crippen MR) is 124 cm³/mol. The minimum absolute atomic E-state index is 0.0321. The van der Waals surface area contributed by atoms with E-state index in [4.69, 9.17) is 10.1 Å². The van der Waals surface area contributed by atoms with Gasteiger partial charge in [0.1, 0.15) is 18.3 Å². The number of morpholine rings is 1. The van der Waals surface area contributed by atoms with Crippen LogP contribution in [0, 0.1) is 17.3 Å². The zero-order chi connectivity index (χ0) is 25.0. The Hall–Kier alpha value is -4.14. The van der Waals surface area contributed by atoms with Gasteiger partial charge in [0.2, 0.25) is 5.60 Å². The number of aromatic nitrogens is 1. The first-order valence-corrected chi connectivity index (χ1v) is 10.9. The third-order valence-electron chi connectivity index (χ3n) is 5.73. The van der Waals surface area contributed by atoms with Crippen LogP contribution in [0.4, 0.5) is 5.82 Å². The Bertz CT molecular complexity index is 1250. The standard InChI is InChI=1S/C24H24N6O5/c1-29-11-9-24(34,23(29)33)8-7-16-4-2-5-17(14-16)21(30-12-13-35-19(25)15-30)28-27-20-18(22(31)32)6-3-10-26-20/h2-6,10,14,21,25,34H,9,11-13,15H2,1H3,(H,31,32)/t21?,24-/m0/s1. The van der Waals surface area contributed by atoms with Gasteiger partial charge in [-0.05, 0) is 29.8 Å². The zero-order valence-electron chi connectivity index (χ0n) is 19.0. The fourth-order valence-corrected chi connectivity index (χ4v) is 3.83. The molecule has 180 valence electrons. The van der Waals surface area contributed by atoms with Gasteiger partial charge in [-0.3, -0.25) is 15.1 Å². The number of nitrogens with one attached hydrogen (secondary N) is 1. The zero-order valence-corrected chi connectivity index (χ0v) is 19.0. The van der Waals surface area contributed by atoms with E-state index in [1.165, 1.54) is 23.2 Å². The molecule has 0 spiro atoms. The van der Waals surface area contributed by atoms with Crippen LogP contribution in [-0.2, 0) is 9.53 Å². The maximum Gasteiger partial charge on any atom is 0.339 e. The second-order valence-corrected chi connectivity index (χ2v) is 8.22. The third-order valence-corrected chi connectivity index (χ3v) is 5.73. The van der Waals surface area contributed by atoms with E-state index < -0.39 is 23.6 Å². The largest absolute Gasteiger partial charge is 0.479 e. The number of carbonyl (C=O) groups is 2. The molecule has 1 aromatic heterocycles. The summed E-state index contributed by atoms with van der Waals surface area (Å²) in [7, 11) is 1.62. The lowest BCUT2D eigenvalue weighted by atomic mass is 10.0. The van der Waals surface area contributed by atoms with Crippen LogP contribution in [0.15, 0.2) is 52.8 Å². The number of amides is 1. The third kappa shape index (κ3) is 5.34. The molecule has 35 heavy (non-hydrogen) atoms. The van der Waals surface area contributed by atoms with Gasteiger partial charge in [-0.1, -0.05) is 24.0 Å². The monoisotopic (exact) mass is 476 g/mol. The Balaban J connectivity index is 1.67. The van der Waals surface area contributed by atoms with Gasteiger partial charge in [-0.2, -0.15) is 5.11 Å². The van der Waals surface area contributed by atoms with Crippen LogP contribution < -0.4 is 0 Å². The van der Waals surface area contributed by atoms with E-state index in [2.05, 4.69) is 27.1 Å². The van der Waals surface area contributed by atoms with E-state index >= 15 is 0 Å². The van der Waals surface area contributed by atoms with Crippen molar-refractivity contribution in [3.8, 4) is 11.8 Å². The van der Waals surface area contributed by atoms with E-state index in [1.54, 1.807) is 25.2 Å². The number of benzene rings is 1. The van der Waals surface area contributed by atoms with Crippen molar-refractivity contribution < 1.29 is 24.5 Å². The summed E-state index contributed by atoms with van der Waals surface area (Å²) in [5.74, 6) is 4.05. The number of rotatable bonds is 5. The summed E-state index contributed by atoms with van der Waals surface area (Å²) in [6.07, 6.45) is 0.993. The molecule has 3 heterocycles. The van der Waals surface area contributed by atoms with Crippen molar-refractivity contribution >= 4 is 23.6 Å². The van der Waals surface area contributed by atoms with E-state index in [-0.39, 0.29) is 30.2 Å². The van der Waals surface area contributed by atoms with Crippen molar-refractivity contribution in [2.24, 2.45) is 10.2 Å². The fraction of sp³-hybridized carbons (Fsp3) is 0.333. The van der Waals surface area contributed by atoms with Gasteiger partial charge in [-0.15, -0.1) is 5.11 Å². The van der Waals surface area contributed by atoms with Crippen molar-refractivity contribution in [1.82, 2.24) is 14.8 Å². The molecule has 1 unspecified atom stereocenters. The number of aliphatic hydroxyl groups is 1. The van der Waals surface area contributed by atoms with Gasteiger partial charge in [0.15, 0.2) is 11.7 Å². The molecule has 2 fully saturated rings. The quantitative estimate of drug-likeness (QED) is 0.440. The summed E-state index contributed by atoms with van der Waals surface area (Å²) in [4.78, 5) is 31.1. The molecule has 0 saturated carbocycles. The van der Waals surface area contributed by atoms with Crippen LogP contribution in [0.2, 0.25) is 0 Å². The molecule has 0 aliphatic carbocycles. The Kier molecular flexibility index (Phi) is 6.86. The van der Waals surface area contributed by atoms with Gasteiger partial charge in [-0.25, -0.2) is 9.78 Å². The summed E-state index contributed by atoms with van der Waals surface area (Å²) >= 11 is 0. The van der Waals surface area contributed by atoms with Crippen LogP contribution >= 0.6 is 0 Å². The molecule has 2 aliphatic rings. The molecular formula is C24H24N6O5. The Morgan fingerprint density at radius 3 is 2.86 bits per heavy atom. The van der Waals surface area contributed by atoms with Gasteiger partial charge < -0.3 is 19.8 Å². The number of carboxylic acid groups (broad SMARTS) is 1. The van der Waals surface area contributed by atoms with Crippen molar-refractivity contribution in [2.75, 3.05) is 33.3 Å². The summed E-state index contributed by atoms with van der Waals surface area (Å²) in [6.45, 7) is 1.39. The minimum Gasteiger partial charge on any atom is -0.479 e. The molecule has 2 aliphatic heterocycles. The highest BCUT2D eigenvalue weighted by molar-refractivity contribution is 5.92. The van der Waals surface area contributed by atoms with Gasteiger partial charge in [0, 0.05) is 38.3 Å². The number of nitrogens with zero attached hydrogens (tertiary/aromatic N) is 5. The second-order valence-electron chi connectivity index (χ2n) is 8.22. The number of ether oxygens (including phenoxy) is 1. The molecular weight excluding hydrogens is 452 g/mol. The molecule has 1 amide bonds. The summed E-state index contributed by atoms with van der Waals surface area (Å²) in [6, 6.07) is 9.99. The van der Waals surface area contributed by atoms with Crippen LogP contribution in [0.25, 0.3) is 0 Å². The molecule has 2 aromatic rings. The van der Waals surface area contributed by atoms with E-state index in [1.807, 2.05) is 11.0 Å². The number of hydrogen-bond donors (Lipinski definition) is 3. The number of carboxylic acids is 1. The van der Waals surface area contributed by atoms with Crippen molar-refractivity contribution in [3.05, 3.63) is 59.3 Å². The highest BCUT2D eigenvalue weighted by Gasteiger charge is 2.42. The SMILES string of the molecule is CN1CC[C@@](O)(C#Cc2cccc(C(N=Nc3ncccc3C(=O)O)N3CCOC(=N)C3)c2)C1=O. The average Bonchev–Trinajstić information content (AvgIpc) is 3.11. The topological polar surface area (TPSA) is 152 Å². The predicted octanol–water partition coefficient (Wildman–Crippen LogP) is 1.82. The lowest BCUT2D eigenvalue weighted by Crippen LogP contribution is -2.41. The second kappa shape index (κ2) is 10.0. The van der Waals surface area contributed by atoms with E-state index in [9.17, 15) is 19.8 Å². The average molecular weight is 476 g/mol. The molecule has 2 atom stereocenters. The number of carbonyl (C=O) groups excluding carboxylic acids is 1. The van der Waals surface area contributed by atoms with E-state index in [0.717, 1.165) is 0 Å². The highest BCUT2D eigenvalue weighted by atomic mass is 16.5. The first kappa shape index (κ1) is 24.0. The van der Waals surface area contributed by atoms with Crippen molar-refractivity contribution in [1.29, 1.82) is 5.41 Å². The Morgan fingerprint density at radius 2 is 2.14 bits per heavy atom. The molecule has 0 radical (unpaired) electrons. The molecule has 11 nitrogen and oxygen atoms in total. The van der Waals surface area contributed by atoms with E-state index in [0.29, 0.717) is 30.8 Å². The number of aromatic carboxylic acids is 1. The van der Waals surface area contributed by atoms with Crippen LogP contribution in [-0.4, -0.2) is 81.7 Å². The number of likely N-dealkylation sites (N-methyl/N-ethyl adjacent to an activating group) is 1. The maximum absolute atomic E-state index is 12.2. The lowest BCUT2D eigenvalue weighted by Gasteiger charge is -2.31. The molecule has 4 rings (SSSR count). The molecule has 2 saturated heterocycles. The molecule has 11 heteroatoms. The Morgan fingerprint density at radius 1 is 1.31 bits per heavy atom. The number of azo groups is 1. The van der Waals surface area contributed by atoms with Crippen molar-refractivity contribution in [3.63, 3.8) is 0 Å². The van der Waals surface area contributed by atoms with Gasteiger partial charge in [0.05, 0.1) is 6.54 Å². The summed E-state index contributed by atoms with van der Waals surface area (Å²) in [5.41, 5.74) is -0.547. The number of pyridine rings is 1. The summed E-state index contributed by atoms with van der Waals surface area (Å²) < 4.78 is 5.25. The highest BCUT2D eigenvalue weighted by Crippen LogP contribution is 2.27. The van der Waals surface area contributed by atoms with Gasteiger partial charge in [0.25, 0.3) is 5.91 Å². The van der Waals surface area contributed by atoms with Crippen molar-refractivity contribution in [2.45, 2.75) is 18.2 Å². The smallest absolute Gasteiger partial charge is 0.339 e. The molecule has 1 aromatic carbocycles. The minimum atomic E-state index is -1.71. The molecule has 3 N–H and O–H groups in total. The van der Waals surface area contributed by atoms with Gasteiger partial charge >= 0.3 is 5.97 Å². The number of hydrogen-bond acceptors (Lipinski definition) is 9. The van der Waals surface area contributed by atoms with Crippen LogP contribution in [0.1, 0.15) is 34.1 Å². The Labute approximate surface area is 201 Å². The first-order chi connectivity index (χ1) is 16.8. The van der Waals surface area contributed by atoms with Crippen LogP contribution in [0.3, 0.4) is 0 Å². The first-order valence-electron chi connectivity index (χ1n) is 10.9. The maximum atomic E-state index is 12.2. The van der Waals surface area contributed by atoms with Crippen LogP contribution in [0.5, 0.6) is 0 Å². The molecule has 0 bridgehead atoms. The summed E-state index contributed by atoms with van der Waals surface area (Å²) in [5, 5.41) is 36.4. The normalized spacial score (nSPS) is 21.5. The fourth-order valence-electron chi connectivity index (χ4n) is 3.83. The number of likely N-dealkylation sites (tertiary alicyclic amines) is 1.